The molecular formula is C16H27NOS. The zero-order valence-electron chi connectivity index (χ0n) is 12.8. The fourth-order valence-corrected chi connectivity index (χ4v) is 3.16. The van der Waals surface area contributed by atoms with Crippen molar-refractivity contribution in [1.29, 1.82) is 0 Å². The predicted molar refractivity (Wildman–Crippen MR) is 85.1 cm³/mol. The van der Waals surface area contributed by atoms with Gasteiger partial charge in [-0.3, -0.25) is 4.21 Å². The van der Waals surface area contributed by atoms with E-state index in [0.717, 1.165) is 13.0 Å². The molecule has 0 aliphatic rings. The maximum atomic E-state index is 12.1. The third-order valence-corrected chi connectivity index (χ3v) is 5.01. The first-order chi connectivity index (χ1) is 8.95. The van der Waals surface area contributed by atoms with Crippen LogP contribution in [0, 0.1) is 13.8 Å². The van der Waals surface area contributed by atoms with Crippen molar-refractivity contribution in [2.24, 2.45) is 0 Å². The van der Waals surface area contributed by atoms with E-state index in [1.165, 1.54) is 16.7 Å². The molecule has 0 amide bonds. The van der Waals surface area contributed by atoms with Gasteiger partial charge in [0.15, 0.2) is 0 Å². The highest BCUT2D eigenvalue weighted by molar-refractivity contribution is 7.85. The number of benzene rings is 1. The summed E-state index contributed by atoms with van der Waals surface area (Å²) in [6.45, 7) is 11.4. The first-order valence-electron chi connectivity index (χ1n) is 7.13. The molecule has 0 saturated carbocycles. The van der Waals surface area contributed by atoms with Gasteiger partial charge in [0, 0.05) is 27.8 Å². The van der Waals surface area contributed by atoms with Crippen molar-refractivity contribution in [3.8, 4) is 0 Å². The van der Waals surface area contributed by atoms with Crippen LogP contribution in [0.5, 0.6) is 0 Å². The summed E-state index contributed by atoms with van der Waals surface area (Å²) in [5.41, 5.74) is 3.85. The van der Waals surface area contributed by atoms with Gasteiger partial charge in [0.2, 0.25) is 0 Å². The van der Waals surface area contributed by atoms with Crippen molar-refractivity contribution in [2.75, 3.05) is 12.3 Å². The lowest BCUT2D eigenvalue weighted by molar-refractivity contribution is 0.566. The summed E-state index contributed by atoms with van der Waals surface area (Å²) < 4.78 is 12.1. The van der Waals surface area contributed by atoms with Gasteiger partial charge in [-0.25, -0.2) is 0 Å². The summed E-state index contributed by atoms with van der Waals surface area (Å²) in [7, 11) is -0.782. The molecule has 0 spiro atoms. The lowest BCUT2D eigenvalue weighted by Crippen LogP contribution is -2.29. The normalized spacial score (nSPS) is 14.6. The Balaban J connectivity index is 2.92. The third kappa shape index (κ3) is 5.07. The highest BCUT2D eigenvalue weighted by Crippen LogP contribution is 2.21. The molecule has 2 nitrogen and oxygen atoms in total. The highest BCUT2D eigenvalue weighted by Gasteiger charge is 2.17. The van der Waals surface area contributed by atoms with Crippen molar-refractivity contribution in [3.63, 3.8) is 0 Å². The Morgan fingerprint density at radius 2 is 1.95 bits per heavy atom. The number of hydrogen-bond donors (Lipinski definition) is 1. The zero-order valence-corrected chi connectivity index (χ0v) is 13.6. The molecule has 108 valence electrons. The van der Waals surface area contributed by atoms with E-state index in [0.29, 0.717) is 5.75 Å². The SMILES string of the molecule is CCCNC(CS(=O)C(C)C)c1ccc(C)cc1C. The fourth-order valence-electron chi connectivity index (χ4n) is 2.15. The third-order valence-electron chi connectivity index (χ3n) is 3.30. The summed E-state index contributed by atoms with van der Waals surface area (Å²) in [6.07, 6.45) is 1.09. The molecule has 0 aliphatic heterocycles. The second-order valence-electron chi connectivity index (χ2n) is 5.46. The first kappa shape index (κ1) is 16.4. The molecule has 0 fully saturated rings. The molecule has 0 aliphatic carbocycles. The Morgan fingerprint density at radius 3 is 2.47 bits per heavy atom. The van der Waals surface area contributed by atoms with Crippen molar-refractivity contribution in [3.05, 3.63) is 34.9 Å². The average Bonchev–Trinajstić information content (AvgIpc) is 2.34. The second-order valence-corrected chi connectivity index (χ2v) is 7.50. The fraction of sp³-hybridized carbons (Fsp3) is 0.625. The zero-order chi connectivity index (χ0) is 14.4. The van der Waals surface area contributed by atoms with Crippen molar-refractivity contribution in [1.82, 2.24) is 5.32 Å². The highest BCUT2D eigenvalue weighted by atomic mass is 32.2. The molecule has 0 aromatic heterocycles. The van der Waals surface area contributed by atoms with Gasteiger partial charge in [0.1, 0.15) is 0 Å². The van der Waals surface area contributed by atoms with Crippen LogP contribution >= 0.6 is 0 Å². The minimum absolute atomic E-state index is 0.198. The van der Waals surface area contributed by atoms with E-state index in [-0.39, 0.29) is 11.3 Å². The van der Waals surface area contributed by atoms with Crippen LogP contribution in [0.25, 0.3) is 0 Å². The standard InChI is InChI=1S/C16H27NOS/c1-6-9-17-16(11-19(18)12(2)3)15-8-7-13(4)10-14(15)5/h7-8,10,12,16-17H,6,9,11H2,1-5H3. The Bertz CT molecular complexity index is 429. The molecule has 2 atom stereocenters. The van der Waals surface area contributed by atoms with Gasteiger partial charge in [0.25, 0.3) is 0 Å². The van der Waals surface area contributed by atoms with Crippen molar-refractivity contribution >= 4 is 10.8 Å². The van der Waals surface area contributed by atoms with E-state index in [9.17, 15) is 4.21 Å². The predicted octanol–water partition coefficient (Wildman–Crippen LogP) is 3.50. The molecule has 1 rings (SSSR count). The smallest absolute Gasteiger partial charge is 0.0439 e. The van der Waals surface area contributed by atoms with Crippen molar-refractivity contribution < 1.29 is 4.21 Å². The maximum absolute atomic E-state index is 12.1. The summed E-state index contributed by atoms with van der Waals surface area (Å²) in [5.74, 6) is 0.696. The van der Waals surface area contributed by atoms with E-state index in [2.05, 4.69) is 44.3 Å². The molecule has 0 heterocycles. The number of nitrogens with one attached hydrogen (secondary N) is 1. The van der Waals surface area contributed by atoms with Gasteiger partial charge in [-0.2, -0.15) is 0 Å². The molecular weight excluding hydrogens is 254 g/mol. The van der Waals surface area contributed by atoms with Crippen LogP contribution in [-0.2, 0) is 10.8 Å². The van der Waals surface area contributed by atoms with Crippen LogP contribution in [0.3, 0.4) is 0 Å². The number of hydrogen-bond acceptors (Lipinski definition) is 2. The van der Waals surface area contributed by atoms with Gasteiger partial charge in [-0.1, -0.05) is 44.5 Å². The maximum Gasteiger partial charge on any atom is 0.0439 e. The monoisotopic (exact) mass is 281 g/mol. The quantitative estimate of drug-likeness (QED) is 0.829. The van der Waals surface area contributed by atoms with Gasteiger partial charge < -0.3 is 5.32 Å². The largest absolute Gasteiger partial charge is 0.309 e. The van der Waals surface area contributed by atoms with Gasteiger partial charge in [0.05, 0.1) is 0 Å². The molecule has 2 unspecified atom stereocenters. The van der Waals surface area contributed by atoms with Crippen LogP contribution < -0.4 is 5.32 Å². The van der Waals surface area contributed by atoms with Crippen molar-refractivity contribution in [2.45, 2.75) is 52.3 Å². The Kier molecular flexibility index (Phi) is 6.73. The van der Waals surface area contributed by atoms with E-state index in [1.54, 1.807) is 0 Å². The second kappa shape index (κ2) is 7.81. The summed E-state index contributed by atoms with van der Waals surface area (Å²) in [6, 6.07) is 6.72. The summed E-state index contributed by atoms with van der Waals surface area (Å²) >= 11 is 0. The Hall–Kier alpha value is -0.670. The number of aryl methyl sites for hydroxylation is 2. The average molecular weight is 281 g/mol. The molecule has 19 heavy (non-hydrogen) atoms. The van der Waals surface area contributed by atoms with E-state index in [4.69, 9.17) is 0 Å². The van der Waals surface area contributed by atoms with Gasteiger partial charge in [-0.05, 0) is 37.9 Å². The van der Waals surface area contributed by atoms with Gasteiger partial charge in [-0.15, -0.1) is 0 Å². The van der Waals surface area contributed by atoms with E-state index >= 15 is 0 Å². The minimum atomic E-state index is -0.782. The first-order valence-corrected chi connectivity index (χ1v) is 8.51. The molecule has 0 bridgehead atoms. The van der Waals surface area contributed by atoms with Crippen LogP contribution in [0.1, 0.15) is 49.9 Å². The molecule has 1 aromatic rings. The van der Waals surface area contributed by atoms with E-state index in [1.807, 2.05) is 13.8 Å². The Labute approximate surface area is 120 Å². The number of rotatable bonds is 7. The van der Waals surface area contributed by atoms with Crippen LogP contribution in [0.15, 0.2) is 18.2 Å². The van der Waals surface area contributed by atoms with Crippen LogP contribution in [0.4, 0.5) is 0 Å². The molecule has 1 aromatic carbocycles. The minimum Gasteiger partial charge on any atom is -0.309 e. The summed E-state index contributed by atoms with van der Waals surface area (Å²) in [4.78, 5) is 0. The van der Waals surface area contributed by atoms with E-state index < -0.39 is 10.8 Å². The van der Waals surface area contributed by atoms with Crippen LogP contribution in [0.2, 0.25) is 0 Å². The van der Waals surface area contributed by atoms with Crippen LogP contribution in [-0.4, -0.2) is 21.8 Å². The lowest BCUT2D eigenvalue weighted by atomic mass is 10.00. The molecule has 3 heteroatoms. The molecule has 0 radical (unpaired) electrons. The molecule has 1 N–H and O–H groups in total. The molecule has 0 saturated heterocycles. The Morgan fingerprint density at radius 1 is 1.26 bits per heavy atom. The van der Waals surface area contributed by atoms with Gasteiger partial charge >= 0.3 is 0 Å². The lowest BCUT2D eigenvalue weighted by Gasteiger charge is -2.22. The topological polar surface area (TPSA) is 29.1 Å². The summed E-state index contributed by atoms with van der Waals surface area (Å²) in [5, 5.41) is 3.76.